The largest absolute Gasteiger partial charge is 0.353 e. The highest BCUT2D eigenvalue weighted by molar-refractivity contribution is 5.57. The Morgan fingerprint density at radius 3 is 2.35 bits per heavy atom. The van der Waals surface area contributed by atoms with E-state index in [1.807, 2.05) is 0 Å². The van der Waals surface area contributed by atoms with Crippen LogP contribution in [0.3, 0.4) is 0 Å². The summed E-state index contributed by atoms with van der Waals surface area (Å²) in [5.74, 6) is 0. The number of rotatable bonds is 5. The van der Waals surface area contributed by atoms with Gasteiger partial charge in [-0.2, -0.15) is 0 Å². The number of hydrogen-bond donors (Lipinski definition) is 1. The summed E-state index contributed by atoms with van der Waals surface area (Å²) in [6, 6.07) is 8.53. The van der Waals surface area contributed by atoms with Crippen molar-refractivity contribution in [3.63, 3.8) is 0 Å². The predicted molar refractivity (Wildman–Crippen MR) is 70.4 cm³/mol. The lowest BCUT2D eigenvalue weighted by Crippen LogP contribution is -1.92. The zero-order chi connectivity index (χ0) is 11.9. The van der Waals surface area contributed by atoms with Gasteiger partial charge in [-0.25, -0.2) is 9.97 Å². The number of anilines is 2. The Hall–Kier alpha value is -1.90. The van der Waals surface area contributed by atoms with Crippen LogP contribution in [0.15, 0.2) is 43.0 Å². The first-order valence-corrected chi connectivity index (χ1v) is 5.99. The topological polar surface area (TPSA) is 37.8 Å². The molecule has 17 heavy (non-hydrogen) atoms. The van der Waals surface area contributed by atoms with Crippen LogP contribution >= 0.6 is 0 Å². The molecule has 0 aliphatic rings. The molecular weight excluding hydrogens is 210 g/mol. The molecule has 88 valence electrons. The van der Waals surface area contributed by atoms with Crippen LogP contribution in [0.2, 0.25) is 0 Å². The SMILES string of the molecule is CCCCc1ccc(Nc2cncnc2)cc1. The lowest BCUT2D eigenvalue weighted by molar-refractivity contribution is 0.795. The van der Waals surface area contributed by atoms with Gasteiger partial charge in [-0.05, 0) is 30.5 Å². The van der Waals surface area contributed by atoms with Gasteiger partial charge in [-0.15, -0.1) is 0 Å². The molecule has 0 aliphatic carbocycles. The van der Waals surface area contributed by atoms with E-state index in [4.69, 9.17) is 0 Å². The van der Waals surface area contributed by atoms with Gasteiger partial charge in [0.2, 0.25) is 0 Å². The highest BCUT2D eigenvalue weighted by Gasteiger charge is 1.96. The van der Waals surface area contributed by atoms with E-state index in [1.165, 1.54) is 24.7 Å². The molecule has 0 saturated carbocycles. The molecule has 0 spiro atoms. The smallest absolute Gasteiger partial charge is 0.115 e. The first-order chi connectivity index (χ1) is 8.38. The molecule has 0 atom stereocenters. The van der Waals surface area contributed by atoms with Crippen molar-refractivity contribution in [2.24, 2.45) is 0 Å². The molecule has 2 rings (SSSR count). The summed E-state index contributed by atoms with van der Waals surface area (Å²) in [6.45, 7) is 2.21. The zero-order valence-electron chi connectivity index (χ0n) is 10.1. The number of unbranched alkanes of at least 4 members (excludes halogenated alkanes) is 1. The second-order valence-corrected chi connectivity index (χ2v) is 4.05. The van der Waals surface area contributed by atoms with Gasteiger partial charge in [-0.3, -0.25) is 0 Å². The fraction of sp³-hybridized carbons (Fsp3) is 0.286. The molecule has 0 fully saturated rings. The van der Waals surface area contributed by atoms with Crippen LogP contribution in [-0.2, 0) is 6.42 Å². The van der Waals surface area contributed by atoms with E-state index in [-0.39, 0.29) is 0 Å². The second kappa shape index (κ2) is 5.99. The van der Waals surface area contributed by atoms with Crippen molar-refractivity contribution in [3.05, 3.63) is 48.5 Å². The minimum atomic E-state index is 0.911. The molecule has 0 unspecified atom stereocenters. The summed E-state index contributed by atoms with van der Waals surface area (Å²) in [5, 5.41) is 3.26. The van der Waals surface area contributed by atoms with Crippen molar-refractivity contribution in [1.82, 2.24) is 9.97 Å². The van der Waals surface area contributed by atoms with Gasteiger partial charge in [0.25, 0.3) is 0 Å². The number of aryl methyl sites for hydroxylation is 1. The highest BCUT2D eigenvalue weighted by Crippen LogP contribution is 2.16. The third-order valence-corrected chi connectivity index (χ3v) is 2.62. The highest BCUT2D eigenvalue weighted by atomic mass is 14.9. The molecule has 1 aromatic heterocycles. The van der Waals surface area contributed by atoms with Crippen molar-refractivity contribution in [3.8, 4) is 0 Å². The van der Waals surface area contributed by atoms with Gasteiger partial charge < -0.3 is 5.32 Å². The van der Waals surface area contributed by atoms with Gasteiger partial charge in [0.1, 0.15) is 6.33 Å². The van der Waals surface area contributed by atoms with E-state index in [2.05, 4.69) is 46.5 Å². The normalized spacial score (nSPS) is 10.2. The zero-order valence-corrected chi connectivity index (χ0v) is 10.1. The lowest BCUT2D eigenvalue weighted by Gasteiger charge is -2.06. The maximum absolute atomic E-state index is 3.97. The fourth-order valence-corrected chi connectivity index (χ4v) is 1.67. The molecular formula is C14H17N3. The van der Waals surface area contributed by atoms with Crippen LogP contribution in [0.5, 0.6) is 0 Å². The monoisotopic (exact) mass is 227 g/mol. The Balaban J connectivity index is 1.98. The average Bonchev–Trinajstić information content (AvgIpc) is 2.39. The van der Waals surface area contributed by atoms with Crippen LogP contribution in [0.1, 0.15) is 25.3 Å². The second-order valence-electron chi connectivity index (χ2n) is 4.05. The summed E-state index contributed by atoms with van der Waals surface area (Å²) in [5.41, 5.74) is 3.37. The first-order valence-electron chi connectivity index (χ1n) is 5.99. The maximum atomic E-state index is 3.97. The summed E-state index contributed by atoms with van der Waals surface area (Å²) in [4.78, 5) is 7.93. The predicted octanol–water partition coefficient (Wildman–Crippen LogP) is 3.56. The third-order valence-electron chi connectivity index (χ3n) is 2.62. The van der Waals surface area contributed by atoms with Gasteiger partial charge in [-0.1, -0.05) is 25.5 Å². The molecule has 3 heteroatoms. The van der Waals surface area contributed by atoms with Crippen molar-refractivity contribution in [2.75, 3.05) is 5.32 Å². The van der Waals surface area contributed by atoms with Crippen molar-refractivity contribution in [1.29, 1.82) is 0 Å². The maximum Gasteiger partial charge on any atom is 0.115 e. The molecule has 0 bridgehead atoms. The average molecular weight is 227 g/mol. The van der Waals surface area contributed by atoms with E-state index in [1.54, 1.807) is 12.4 Å². The molecule has 0 aliphatic heterocycles. The fourth-order valence-electron chi connectivity index (χ4n) is 1.67. The molecule has 1 heterocycles. The Morgan fingerprint density at radius 1 is 1.00 bits per heavy atom. The summed E-state index contributed by atoms with van der Waals surface area (Å²) in [6.07, 6.45) is 8.70. The molecule has 0 amide bonds. The van der Waals surface area contributed by atoms with Crippen molar-refractivity contribution >= 4 is 11.4 Å². The van der Waals surface area contributed by atoms with E-state index < -0.39 is 0 Å². The van der Waals surface area contributed by atoms with Gasteiger partial charge in [0.05, 0.1) is 18.1 Å². The molecule has 2 aromatic rings. The van der Waals surface area contributed by atoms with Crippen molar-refractivity contribution < 1.29 is 0 Å². The van der Waals surface area contributed by atoms with Gasteiger partial charge >= 0.3 is 0 Å². The Morgan fingerprint density at radius 2 is 1.71 bits per heavy atom. The van der Waals surface area contributed by atoms with Crippen LogP contribution in [-0.4, -0.2) is 9.97 Å². The molecule has 1 N–H and O–H groups in total. The summed E-state index contributed by atoms with van der Waals surface area (Å²) >= 11 is 0. The van der Waals surface area contributed by atoms with Crippen molar-refractivity contribution in [2.45, 2.75) is 26.2 Å². The van der Waals surface area contributed by atoms with Crippen LogP contribution in [0, 0.1) is 0 Å². The van der Waals surface area contributed by atoms with E-state index in [0.29, 0.717) is 0 Å². The summed E-state index contributed by atoms with van der Waals surface area (Å²) < 4.78 is 0. The Kier molecular flexibility index (Phi) is 4.08. The standard InChI is InChI=1S/C14H17N3/c1-2-3-4-12-5-7-13(8-6-12)17-14-9-15-11-16-10-14/h5-11,17H,2-4H2,1H3. The number of hydrogen-bond acceptors (Lipinski definition) is 3. The number of aromatic nitrogens is 2. The minimum Gasteiger partial charge on any atom is -0.353 e. The number of nitrogens with one attached hydrogen (secondary N) is 1. The molecule has 0 radical (unpaired) electrons. The Labute approximate surface area is 102 Å². The van der Waals surface area contributed by atoms with E-state index >= 15 is 0 Å². The number of nitrogens with zero attached hydrogens (tertiary/aromatic N) is 2. The molecule has 0 saturated heterocycles. The van der Waals surface area contributed by atoms with Gasteiger partial charge in [0, 0.05) is 5.69 Å². The molecule has 3 nitrogen and oxygen atoms in total. The van der Waals surface area contributed by atoms with Crippen LogP contribution < -0.4 is 5.32 Å². The van der Waals surface area contributed by atoms with Crippen LogP contribution in [0.25, 0.3) is 0 Å². The Bertz CT molecular complexity index is 437. The first kappa shape index (κ1) is 11.6. The number of benzene rings is 1. The third kappa shape index (κ3) is 3.55. The van der Waals surface area contributed by atoms with E-state index in [9.17, 15) is 0 Å². The van der Waals surface area contributed by atoms with Crippen LogP contribution in [0.4, 0.5) is 11.4 Å². The quantitative estimate of drug-likeness (QED) is 0.848. The summed E-state index contributed by atoms with van der Waals surface area (Å²) in [7, 11) is 0. The van der Waals surface area contributed by atoms with E-state index in [0.717, 1.165) is 17.8 Å². The molecule has 1 aromatic carbocycles. The lowest BCUT2D eigenvalue weighted by atomic mass is 10.1. The minimum absolute atomic E-state index is 0.911. The van der Waals surface area contributed by atoms with Gasteiger partial charge in [0.15, 0.2) is 0 Å².